The molecule has 0 amide bonds. The molecule has 1 atom stereocenters. The van der Waals surface area contributed by atoms with E-state index in [-0.39, 0.29) is 11.0 Å². The quantitative estimate of drug-likeness (QED) is 0.801. The summed E-state index contributed by atoms with van der Waals surface area (Å²) < 4.78 is 25.4. The van der Waals surface area contributed by atoms with Crippen molar-refractivity contribution in [2.24, 2.45) is 0 Å². The molecule has 1 aromatic rings. The summed E-state index contributed by atoms with van der Waals surface area (Å²) in [4.78, 5) is 2.11. The molecule has 0 radical (unpaired) electrons. The maximum Gasteiger partial charge on any atom is 0.242 e. The van der Waals surface area contributed by atoms with Crippen molar-refractivity contribution >= 4 is 33.0 Å². The third-order valence-electron chi connectivity index (χ3n) is 3.55. The second-order valence-corrected chi connectivity index (χ2v) is 8.03. The first kappa shape index (κ1) is 17.1. The highest BCUT2D eigenvalue weighted by Crippen LogP contribution is 2.19. The van der Waals surface area contributed by atoms with E-state index in [1.807, 2.05) is 4.90 Å². The number of likely N-dealkylation sites (tertiary alicyclic amines) is 1. The van der Waals surface area contributed by atoms with E-state index in [0.29, 0.717) is 17.3 Å². The topological polar surface area (TPSA) is 72.9 Å². The summed E-state index contributed by atoms with van der Waals surface area (Å²) in [6, 6.07) is 6.55. The average Bonchev–Trinajstić information content (AvgIpc) is 2.47. The zero-order valence-corrected chi connectivity index (χ0v) is 14.3. The van der Waals surface area contributed by atoms with Crippen molar-refractivity contribution < 1.29 is 13.5 Å². The van der Waals surface area contributed by atoms with E-state index in [0.717, 1.165) is 19.4 Å². The Morgan fingerprint density at radius 3 is 2.82 bits per heavy atom. The van der Waals surface area contributed by atoms with Gasteiger partial charge in [0, 0.05) is 32.9 Å². The lowest BCUT2D eigenvalue weighted by Gasteiger charge is -2.32. The average molecular weight is 343 g/mol. The molecular weight excluding hydrogens is 322 g/mol. The van der Waals surface area contributed by atoms with E-state index in [4.69, 9.17) is 12.2 Å². The number of rotatable bonds is 3. The van der Waals surface area contributed by atoms with Crippen LogP contribution in [0.1, 0.15) is 12.8 Å². The van der Waals surface area contributed by atoms with Gasteiger partial charge in [-0.05, 0) is 43.3 Å². The maximum atomic E-state index is 12.1. The molecule has 2 N–H and O–H groups in total. The van der Waals surface area contributed by atoms with Gasteiger partial charge in [-0.25, -0.2) is 12.7 Å². The third kappa shape index (κ3) is 3.95. The van der Waals surface area contributed by atoms with Crippen LogP contribution < -0.4 is 5.32 Å². The fraction of sp³-hybridized carbons (Fsp3) is 0.500. The Morgan fingerprint density at radius 1 is 1.45 bits per heavy atom. The number of aliphatic hydroxyl groups excluding tert-OH is 1. The second-order valence-electron chi connectivity index (χ2n) is 5.49. The Kier molecular flexibility index (Phi) is 5.38. The van der Waals surface area contributed by atoms with Gasteiger partial charge in [-0.15, -0.1) is 0 Å². The maximum absolute atomic E-state index is 12.1. The molecule has 122 valence electrons. The molecule has 1 aliphatic heterocycles. The Hall–Kier alpha value is -1.22. The summed E-state index contributed by atoms with van der Waals surface area (Å²) in [6.45, 7) is 1.29. The van der Waals surface area contributed by atoms with Gasteiger partial charge in [0.25, 0.3) is 0 Å². The van der Waals surface area contributed by atoms with Crippen molar-refractivity contribution in [2.75, 3.05) is 32.5 Å². The number of benzene rings is 1. The molecule has 0 aromatic heterocycles. The number of nitrogens with zero attached hydrogens (tertiary/aromatic N) is 2. The number of sulfonamides is 1. The summed E-state index contributed by atoms with van der Waals surface area (Å²) in [5, 5.41) is 13.2. The van der Waals surface area contributed by atoms with Crippen LogP contribution >= 0.6 is 12.2 Å². The van der Waals surface area contributed by atoms with Crippen molar-refractivity contribution in [1.29, 1.82) is 0 Å². The van der Waals surface area contributed by atoms with Crippen molar-refractivity contribution in [1.82, 2.24) is 9.21 Å². The molecule has 22 heavy (non-hydrogen) atoms. The number of piperidine rings is 1. The molecule has 0 aliphatic carbocycles. The normalized spacial score (nSPS) is 19.3. The number of hydrogen-bond donors (Lipinski definition) is 2. The Labute approximate surface area is 136 Å². The summed E-state index contributed by atoms with van der Waals surface area (Å²) in [7, 11) is -0.482. The first-order chi connectivity index (χ1) is 10.3. The van der Waals surface area contributed by atoms with Crippen molar-refractivity contribution in [3.05, 3.63) is 24.3 Å². The largest absolute Gasteiger partial charge is 0.391 e. The van der Waals surface area contributed by atoms with E-state index in [9.17, 15) is 13.5 Å². The first-order valence-corrected chi connectivity index (χ1v) is 8.92. The molecule has 0 unspecified atom stereocenters. The lowest BCUT2D eigenvalue weighted by molar-refractivity contribution is 0.104. The van der Waals surface area contributed by atoms with Crippen LogP contribution in [0.4, 0.5) is 5.69 Å². The van der Waals surface area contributed by atoms with Gasteiger partial charge in [0.1, 0.15) is 0 Å². The van der Waals surface area contributed by atoms with Crippen LogP contribution in [0.5, 0.6) is 0 Å². The monoisotopic (exact) mass is 343 g/mol. The van der Waals surface area contributed by atoms with Crippen LogP contribution in [0.2, 0.25) is 0 Å². The Balaban J connectivity index is 2.12. The van der Waals surface area contributed by atoms with E-state index in [2.05, 4.69) is 5.32 Å². The molecule has 0 spiro atoms. The number of nitrogens with one attached hydrogen (secondary N) is 1. The third-order valence-corrected chi connectivity index (χ3v) is 5.72. The van der Waals surface area contributed by atoms with Crippen molar-refractivity contribution in [3.63, 3.8) is 0 Å². The standard InChI is InChI=1S/C14H21N3O3S2/c1-16(2)22(19,20)13-7-3-5-11(9-13)15-14(21)17-8-4-6-12(18)10-17/h3,5,7,9,12,18H,4,6,8,10H2,1-2H3,(H,15,21)/t12-/m1/s1. The van der Waals surface area contributed by atoms with Crippen molar-refractivity contribution in [2.45, 2.75) is 23.8 Å². The highest BCUT2D eigenvalue weighted by atomic mass is 32.2. The minimum Gasteiger partial charge on any atom is -0.391 e. The molecule has 6 nitrogen and oxygen atoms in total. The van der Waals surface area contributed by atoms with E-state index < -0.39 is 10.0 Å². The van der Waals surface area contributed by atoms with Crippen LogP contribution in [0, 0.1) is 0 Å². The zero-order valence-electron chi connectivity index (χ0n) is 12.7. The fourth-order valence-corrected chi connectivity index (χ4v) is 3.52. The Bertz CT molecular complexity index is 646. The minimum absolute atomic E-state index is 0.212. The number of thiocarbonyl (C=S) groups is 1. The predicted molar refractivity (Wildman–Crippen MR) is 90.3 cm³/mol. The lowest BCUT2D eigenvalue weighted by atomic mass is 10.1. The summed E-state index contributed by atoms with van der Waals surface area (Å²) in [5.74, 6) is 0. The molecule has 1 aromatic carbocycles. The van der Waals surface area contributed by atoms with Crippen LogP contribution in [0.15, 0.2) is 29.2 Å². The van der Waals surface area contributed by atoms with E-state index in [1.165, 1.54) is 18.4 Å². The first-order valence-electron chi connectivity index (χ1n) is 7.07. The van der Waals surface area contributed by atoms with Gasteiger partial charge in [0.2, 0.25) is 10.0 Å². The highest BCUT2D eigenvalue weighted by Gasteiger charge is 2.21. The van der Waals surface area contributed by atoms with Crippen LogP contribution in [0.25, 0.3) is 0 Å². The molecule has 1 fully saturated rings. The van der Waals surface area contributed by atoms with E-state index in [1.54, 1.807) is 24.3 Å². The summed E-state index contributed by atoms with van der Waals surface area (Å²) in [5.41, 5.74) is 0.619. The lowest BCUT2D eigenvalue weighted by Crippen LogP contribution is -2.44. The number of hydrogen-bond acceptors (Lipinski definition) is 4. The number of anilines is 1. The van der Waals surface area contributed by atoms with Gasteiger partial charge < -0.3 is 15.3 Å². The SMILES string of the molecule is CN(C)S(=O)(=O)c1cccc(NC(=S)N2CCC[C@@H](O)C2)c1. The molecule has 1 heterocycles. The minimum atomic E-state index is -3.47. The molecular formula is C14H21N3O3S2. The van der Waals surface area contributed by atoms with Crippen LogP contribution in [-0.4, -0.2) is 61.1 Å². The number of β-amino-alcohol motifs (C(OH)–C–C–N with tert-alkyl or cyclic N) is 1. The highest BCUT2D eigenvalue weighted by molar-refractivity contribution is 7.89. The van der Waals surface area contributed by atoms with Crippen LogP contribution in [-0.2, 0) is 10.0 Å². The summed E-state index contributed by atoms with van der Waals surface area (Å²) in [6.07, 6.45) is 1.31. The molecule has 1 saturated heterocycles. The molecule has 1 aliphatic rings. The van der Waals surface area contributed by atoms with Gasteiger partial charge in [-0.3, -0.25) is 0 Å². The van der Waals surface area contributed by atoms with Gasteiger partial charge in [0.15, 0.2) is 5.11 Å². The Morgan fingerprint density at radius 2 is 2.18 bits per heavy atom. The summed E-state index contributed by atoms with van der Waals surface area (Å²) >= 11 is 5.34. The van der Waals surface area contributed by atoms with E-state index >= 15 is 0 Å². The number of aliphatic hydroxyl groups is 1. The predicted octanol–water partition coefficient (Wildman–Crippen LogP) is 1.09. The molecule has 0 saturated carbocycles. The molecule has 0 bridgehead atoms. The second kappa shape index (κ2) is 6.91. The van der Waals surface area contributed by atoms with Gasteiger partial charge in [-0.2, -0.15) is 0 Å². The fourth-order valence-electron chi connectivity index (χ4n) is 2.29. The zero-order chi connectivity index (χ0) is 16.3. The van der Waals surface area contributed by atoms with Crippen molar-refractivity contribution in [3.8, 4) is 0 Å². The van der Waals surface area contributed by atoms with Gasteiger partial charge >= 0.3 is 0 Å². The van der Waals surface area contributed by atoms with Gasteiger partial charge in [-0.1, -0.05) is 6.07 Å². The van der Waals surface area contributed by atoms with Crippen LogP contribution in [0.3, 0.4) is 0 Å². The van der Waals surface area contributed by atoms with Gasteiger partial charge in [0.05, 0.1) is 11.0 Å². The smallest absolute Gasteiger partial charge is 0.242 e. The molecule has 2 rings (SSSR count). The molecule has 8 heteroatoms.